The van der Waals surface area contributed by atoms with Crippen LogP contribution in [0.3, 0.4) is 0 Å². The van der Waals surface area contributed by atoms with E-state index in [1.165, 1.54) is 11.8 Å². The van der Waals surface area contributed by atoms with Crippen molar-refractivity contribution in [3.63, 3.8) is 0 Å². The molecule has 0 radical (unpaired) electrons. The highest BCUT2D eigenvalue weighted by molar-refractivity contribution is 7.99. The van der Waals surface area contributed by atoms with Crippen LogP contribution in [0.2, 0.25) is 5.02 Å². The third kappa shape index (κ3) is 4.75. The summed E-state index contributed by atoms with van der Waals surface area (Å²) in [5.41, 5.74) is 5.82. The average Bonchev–Trinajstić information content (AvgIpc) is 3.24. The number of nitrogens with zero attached hydrogens (tertiary/aromatic N) is 3. The normalized spacial score (nSPS) is 16.6. The van der Waals surface area contributed by atoms with Gasteiger partial charge in [-0.25, -0.2) is 4.79 Å². The van der Waals surface area contributed by atoms with Gasteiger partial charge in [-0.1, -0.05) is 23.4 Å². The molecule has 1 aliphatic heterocycles. The first-order valence-electron chi connectivity index (χ1n) is 8.06. The number of nitrogens with two attached hydrogens (primary N) is 1. The molecular weight excluding hydrogens is 378 g/mol. The summed E-state index contributed by atoms with van der Waals surface area (Å²) in [5, 5.41) is 11.7. The monoisotopic (exact) mass is 395 g/mol. The van der Waals surface area contributed by atoms with Gasteiger partial charge in [-0.15, -0.1) is 10.2 Å². The summed E-state index contributed by atoms with van der Waals surface area (Å²) >= 11 is 7.15. The number of halogens is 1. The molecule has 10 heteroatoms. The lowest BCUT2D eigenvalue weighted by molar-refractivity contribution is -0.117. The van der Waals surface area contributed by atoms with E-state index in [4.69, 9.17) is 22.1 Å². The van der Waals surface area contributed by atoms with Crippen LogP contribution in [0.25, 0.3) is 11.4 Å². The number of ether oxygens (including phenoxy) is 1. The van der Waals surface area contributed by atoms with Gasteiger partial charge in [0.1, 0.15) is 0 Å². The molecular formula is C16H18ClN5O3S. The van der Waals surface area contributed by atoms with Gasteiger partial charge in [0.25, 0.3) is 0 Å². The fraction of sp³-hybridized carbons (Fsp3) is 0.375. The Hall–Kier alpha value is -2.10. The van der Waals surface area contributed by atoms with E-state index in [1.807, 2.05) is 22.0 Å². The molecule has 2 heterocycles. The van der Waals surface area contributed by atoms with E-state index in [-0.39, 0.29) is 11.9 Å². The molecule has 26 heavy (non-hydrogen) atoms. The lowest BCUT2D eigenvalue weighted by Gasteiger charge is -2.14. The topological polar surface area (TPSA) is 112 Å². The zero-order valence-electron chi connectivity index (χ0n) is 13.9. The zero-order chi connectivity index (χ0) is 18.5. The number of primary amides is 1. The minimum Gasteiger partial charge on any atom is -0.376 e. The van der Waals surface area contributed by atoms with Crippen LogP contribution in [0, 0.1) is 0 Å². The molecule has 1 aromatic carbocycles. The molecule has 3 rings (SSSR count). The summed E-state index contributed by atoms with van der Waals surface area (Å²) in [6.07, 6.45) is 2.06. The van der Waals surface area contributed by atoms with Crippen LogP contribution < -0.4 is 11.1 Å². The summed E-state index contributed by atoms with van der Waals surface area (Å²) in [4.78, 5) is 22.4. The zero-order valence-corrected chi connectivity index (χ0v) is 15.4. The Morgan fingerprint density at radius 2 is 2.12 bits per heavy atom. The van der Waals surface area contributed by atoms with Gasteiger partial charge in [-0.05, 0) is 37.1 Å². The summed E-state index contributed by atoms with van der Waals surface area (Å²) in [5.74, 6) is 0.199. The van der Waals surface area contributed by atoms with Gasteiger partial charge in [0.05, 0.1) is 18.4 Å². The second kappa shape index (κ2) is 8.52. The standard InChI is InChI=1S/C16H18ClN5O3S/c17-11-5-3-10(4-6-11)14-20-21-16(26-9-13(23)19-15(18)24)22(14)8-12-2-1-7-25-12/h3-6,12H,1-2,7-9H2,(H3,18,19,23,24)/t12-/m0/s1. The Morgan fingerprint density at radius 3 is 2.77 bits per heavy atom. The first-order valence-corrected chi connectivity index (χ1v) is 9.42. The van der Waals surface area contributed by atoms with Crippen LogP contribution in [-0.4, -0.2) is 45.2 Å². The summed E-state index contributed by atoms with van der Waals surface area (Å²) in [7, 11) is 0. The molecule has 0 spiro atoms. The Labute approximate surface area is 159 Å². The summed E-state index contributed by atoms with van der Waals surface area (Å²) in [6, 6.07) is 6.43. The summed E-state index contributed by atoms with van der Waals surface area (Å²) < 4.78 is 7.65. The lowest BCUT2D eigenvalue weighted by Crippen LogP contribution is -2.36. The van der Waals surface area contributed by atoms with E-state index in [2.05, 4.69) is 10.2 Å². The number of carbonyl (C=O) groups is 2. The van der Waals surface area contributed by atoms with E-state index in [1.54, 1.807) is 12.1 Å². The van der Waals surface area contributed by atoms with Crippen LogP contribution in [0.1, 0.15) is 12.8 Å². The maximum atomic E-state index is 11.7. The van der Waals surface area contributed by atoms with Gasteiger partial charge < -0.3 is 10.5 Å². The first kappa shape index (κ1) is 18.7. The van der Waals surface area contributed by atoms with Gasteiger partial charge in [0.2, 0.25) is 5.91 Å². The van der Waals surface area contributed by atoms with Crippen molar-refractivity contribution < 1.29 is 14.3 Å². The number of aromatic nitrogens is 3. The van der Waals surface area contributed by atoms with E-state index in [0.717, 1.165) is 25.0 Å². The molecule has 1 fully saturated rings. The molecule has 0 aliphatic carbocycles. The molecule has 2 aromatic rings. The first-order chi connectivity index (χ1) is 12.5. The number of urea groups is 1. The third-order valence-corrected chi connectivity index (χ3v) is 5.04. The quantitative estimate of drug-likeness (QED) is 0.724. The van der Waals surface area contributed by atoms with Crippen molar-refractivity contribution in [3.8, 4) is 11.4 Å². The molecule has 0 unspecified atom stereocenters. The Kier molecular flexibility index (Phi) is 6.12. The number of hydrogen-bond donors (Lipinski definition) is 2. The Morgan fingerprint density at radius 1 is 1.35 bits per heavy atom. The predicted octanol–water partition coefficient (Wildman–Crippen LogP) is 2.06. The fourth-order valence-corrected chi connectivity index (χ4v) is 3.54. The highest BCUT2D eigenvalue weighted by atomic mass is 35.5. The minimum atomic E-state index is -0.877. The molecule has 3 N–H and O–H groups in total. The average molecular weight is 396 g/mol. The molecule has 8 nitrogen and oxygen atoms in total. The van der Waals surface area contributed by atoms with E-state index < -0.39 is 11.9 Å². The molecule has 1 saturated heterocycles. The van der Waals surface area contributed by atoms with E-state index in [0.29, 0.717) is 22.5 Å². The van der Waals surface area contributed by atoms with Crippen LogP contribution in [0.5, 0.6) is 0 Å². The number of thioether (sulfide) groups is 1. The van der Waals surface area contributed by atoms with Crippen molar-refractivity contribution in [2.24, 2.45) is 5.73 Å². The molecule has 1 aliphatic rings. The molecule has 1 atom stereocenters. The number of hydrogen-bond acceptors (Lipinski definition) is 6. The van der Waals surface area contributed by atoms with Gasteiger partial charge in [0, 0.05) is 17.2 Å². The van der Waals surface area contributed by atoms with Crippen molar-refractivity contribution in [3.05, 3.63) is 29.3 Å². The highest BCUT2D eigenvalue weighted by Gasteiger charge is 2.22. The van der Waals surface area contributed by atoms with Crippen LogP contribution in [-0.2, 0) is 16.1 Å². The number of nitrogens with one attached hydrogen (secondary N) is 1. The fourth-order valence-electron chi connectivity index (χ4n) is 2.67. The van der Waals surface area contributed by atoms with Crippen molar-refractivity contribution in [1.82, 2.24) is 20.1 Å². The molecule has 0 bridgehead atoms. The largest absolute Gasteiger partial charge is 0.376 e. The van der Waals surface area contributed by atoms with Gasteiger partial charge in [-0.3, -0.25) is 14.7 Å². The van der Waals surface area contributed by atoms with Gasteiger partial charge in [-0.2, -0.15) is 0 Å². The van der Waals surface area contributed by atoms with Crippen LogP contribution in [0.4, 0.5) is 4.79 Å². The minimum absolute atomic E-state index is 0.00716. The van der Waals surface area contributed by atoms with Gasteiger partial charge >= 0.3 is 6.03 Å². The highest BCUT2D eigenvalue weighted by Crippen LogP contribution is 2.27. The number of carbonyl (C=O) groups excluding carboxylic acids is 2. The molecule has 138 valence electrons. The SMILES string of the molecule is NC(=O)NC(=O)CSc1nnc(-c2ccc(Cl)cc2)n1C[C@@H]1CCCO1. The summed E-state index contributed by atoms with van der Waals surface area (Å²) in [6.45, 7) is 1.33. The molecule has 3 amide bonds. The second-order valence-corrected chi connectivity index (χ2v) is 7.14. The van der Waals surface area contributed by atoms with Crippen molar-refractivity contribution >= 4 is 35.3 Å². The van der Waals surface area contributed by atoms with Crippen LogP contribution >= 0.6 is 23.4 Å². The van der Waals surface area contributed by atoms with Crippen molar-refractivity contribution in [2.45, 2.75) is 30.6 Å². The lowest BCUT2D eigenvalue weighted by atomic mass is 10.2. The van der Waals surface area contributed by atoms with E-state index >= 15 is 0 Å². The van der Waals surface area contributed by atoms with Gasteiger partial charge in [0.15, 0.2) is 11.0 Å². The molecule has 1 aromatic heterocycles. The third-order valence-electron chi connectivity index (χ3n) is 3.82. The maximum Gasteiger partial charge on any atom is 0.318 e. The number of amides is 3. The number of benzene rings is 1. The Balaban J connectivity index is 1.82. The van der Waals surface area contributed by atoms with Crippen molar-refractivity contribution in [1.29, 1.82) is 0 Å². The smallest absolute Gasteiger partial charge is 0.318 e. The van der Waals surface area contributed by atoms with E-state index in [9.17, 15) is 9.59 Å². The van der Waals surface area contributed by atoms with Crippen LogP contribution in [0.15, 0.2) is 29.4 Å². The number of rotatable bonds is 6. The van der Waals surface area contributed by atoms with Crippen molar-refractivity contribution in [2.75, 3.05) is 12.4 Å². The number of imide groups is 1. The maximum absolute atomic E-state index is 11.7. The molecule has 0 saturated carbocycles. The second-order valence-electron chi connectivity index (χ2n) is 5.76. The Bertz CT molecular complexity index is 790. The predicted molar refractivity (Wildman–Crippen MR) is 97.9 cm³/mol.